The third-order valence-electron chi connectivity index (χ3n) is 2.97. The second-order valence-corrected chi connectivity index (χ2v) is 4.61. The van der Waals surface area contributed by atoms with E-state index in [0.717, 1.165) is 16.7 Å². The fraction of sp³-hybridized carbons (Fsp3) is 0.214. The van der Waals surface area contributed by atoms with Crippen LogP contribution < -0.4 is 10.3 Å². The van der Waals surface area contributed by atoms with Gasteiger partial charge in [0.2, 0.25) is 0 Å². The van der Waals surface area contributed by atoms with Gasteiger partial charge in [-0.1, -0.05) is 0 Å². The molecule has 0 radical (unpaired) electrons. The monoisotopic (exact) mass is 328 g/mol. The van der Waals surface area contributed by atoms with Crippen molar-refractivity contribution in [1.82, 2.24) is 9.55 Å². The molecule has 1 heterocycles. The van der Waals surface area contributed by atoms with E-state index in [0.29, 0.717) is 0 Å². The minimum absolute atomic E-state index is 0.0632. The number of carbonyl (C=O) groups is 1. The first-order valence-corrected chi connectivity index (χ1v) is 6.30. The molecule has 1 N–H and O–H groups in total. The van der Waals surface area contributed by atoms with Gasteiger partial charge in [-0.2, -0.15) is 0 Å². The van der Waals surface area contributed by atoms with Crippen LogP contribution >= 0.6 is 0 Å². The van der Waals surface area contributed by atoms with Gasteiger partial charge in [0.05, 0.1) is 11.4 Å². The number of rotatable bonds is 3. The Morgan fingerprint density at radius 3 is 2.26 bits per heavy atom. The number of hydrogen-bond acceptors (Lipinski definition) is 4. The largest absolute Gasteiger partial charge is 0.573 e. The van der Waals surface area contributed by atoms with Crippen molar-refractivity contribution in [2.24, 2.45) is 0 Å². The minimum atomic E-state index is -4.82. The van der Waals surface area contributed by atoms with Gasteiger partial charge in [-0.15, -0.1) is 13.2 Å². The molecule has 0 spiro atoms. The standard InChI is InChI=1S/C14H11F3N2O4/c1-7-11(13(21)22)12(20)19(8(2)18-7)9-3-5-10(6-4-9)23-14(15,16)17/h3-6H,1-2H3,(H,21,22). The lowest BCUT2D eigenvalue weighted by Crippen LogP contribution is -2.29. The molecule has 0 aliphatic heterocycles. The number of aromatic carboxylic acids is 1. The third kappa shape index (κ3) is 3.50. The number of hydrogen-bond donors (Lipinski definition) is 1. The van der Waals surface area contributed by atoms with E-state index in [1.807, 2.05) is 0 Å². The second-order valence-electron chi connectivity index (χ2n) is 4.61. The summed E-state index contributed by atoms with van der Waals surface area (Å²) in [5.74, 6) is -1.67. The van der Waals surface area contributed by atoms with Gasteiger partial charge in [0.15, 0.2) is 0 Å². The maximum absolute atomic E-state index is 12.3. The molecule has 0 fully saturated rings. The van der Waals surface area contributed by atoms with Crippen molar-refractivity contribution in [2.75, 3.05) is 0 Å². The molecule has 2 aromatic rings. The SMILES string of the molecule is Cc1nc(C)n(-c2ccc(OC(F)(F)F)cc2)c(=O)c1C(=O)O. The first kappa shape index (κ1) is 16.5. The predicted octanol–water partition coefficient (Wildman–Crippen LogP) is 2.45. The summed E-state index contributed by atoms with van der Waals surface area (Å²) in [6.07, 6.45) is -4.82. The van der Waals surface area contributed by atoms with E-state index in [2.05, 4.69) is 9.72 Å². The molecule has 9 heteroatoms. The molecular formula is C14H11F3N2O4. The average Bonchev–Trinajstić information content (AvgIpc) is 2.37. The van der Waals surface area contributed by atoms with Crippen LogP contribution in [0.25, 0.3) is 5.69 Å². The zero-order valence-corrected chi connectivity index (χ0v) is 12.0. The van der Waals surface area contributed by atoms with Crippen molar-refractivity contribution in [3.8, 4) is 11.4 Å². The lowest BCUT2D eigenvalue weighted by Gasteiger charge is -2.13. The van der Waals surface area contributed by atoms with E-state index in [-0.39, 0.29) is 17.2 Å². The summed E-state index contributed by atoms with van der Waals surface area (Å²) >= 11 is 0. The van der Waals surface area contributed by atoms with E-state index in [4.69, 9.17) is 5.11 Å². The Kier molecular flexibility index (Phi) is 4.13. The molecule has 0 aliphatic rings. The number of carboxylic acid groups (broad SMARTS) is 1. The van der Waals surface area contributed by atoms with Crippen LogP contribution in [0.5, 0.6) is 5.75 Å². The number of aromatic nitrogens is 2. The summed E-state index contributed by atoms with van der Waals surface area (Å²) in [5, 5.41) is 9.08. The Balaban J connectivity index is 2.53. The molecule has 0 bridgehead atoms. The number of ether oxygens (including phenoxy) is 1. The molecule has 0 saturated heterocycles. The Hall–Kier alpha value is -2.84. The zero-order chi connectivity index (χ0) is 17.4. The fourth-order valence-corrected chi connectivity index (χ4v) is 2.11. The van der Waals surface area contributed by atoms with Crippen molar-refractivity contribution in [3.05, 3.63) is 51.7 Å². The highest BCUT2D eigenvalue weighted by molar-refractivity contribution is 5.88. The highest BCUT2D eigenvalue weighted by Gasteiger charge is 2.31. The smallest absolute Gasteiger partial charge is 0.477 e. The summed E-state index contributed by atoms with van der Waals surface area (Å²) < 4.78 is 41.1. The molecule has 2 rings (SSSR count). The molecule has 122 valence electrons. The maximum atomic E-state index is 12.3. The Morgan fingerprint density at radius 2 is 1.78 bits per heavy atom. The van der Waals surface area contributed by atoms with Gasteiger partial charge in [-0.05, 0) is 38.1 Å². The number of alkyl halides is 3. The summed E-state index contributed by atoms with van der Waals surface area (Å²) in [7, 11) is 0. The van der Waals surface area contributed by atoms with Crippen LogP contribution in [0.4, 0.5) is 13.2 Å². The molecule has 0 atom stereocenters. The van der Waals surface area contributed by atoms with Gasteiger partial charge in [-0.3, -0.25) is 9.36 Å². The molecule has 1 aromatic carbocycles. The van der Waals surface area contributed by atoms with Gasteiger partial charge < -0.3 is 9.84 Å². The number of nitrogens with zero attached hydrogens (tertiary/aromatic N) is 2. The number of benzene rings is 1. The summed E-state index contributed by atoms with van der Waals surface area (Å²) in [5.41, 5.74) is -1.07. The minimum Gasteiger partial charge on any atom is -0.477 e. The number of aryl methyl sites for hydroxylation is 2. The molecule has 0 unspecified atom stereocenters. The number of halogens is 3. The average molecular weight is 328 g/mol. The van der Waals surface area contributed by atoms with E-state index in [1.54, 1.807) is 0 Å². The quantitative estimate of drug-likeness (QED) is 0.936. The van der Waals surface area contributed by atoms with Crippen molar-refractivity contribution < 1.29 is 27.8 Å². The Labute approximate surface area is 127 Å². The molecule has 0 aliphatic carbocycles. The van der Waals surface area contributed by atoms with Crippen LogP contribution in [0, 0.1) is 13.8 Å². The summed E-state index contributed by atoms with van der Waals surface area (Å²) in [4.78, 5) is 27.4. The summed E-state index contributed by atoms with van der Waals surface area (Å²) in [6, 6.07) is 4.46. The van der Waals surface area contributed by atoms with Crippen LogP contribution in [0.15, 0.2) is 29.1 Å². The van der Waals surface area contributed by atoms with E-state index < -0.39 is 29.2 Å². The first-order chi connectivity index (χ1) is 10.6. The van der Waals surface area contributed by atoms with Crippen molar-refractivity contribution in [1.29, 1.82) is 0 Å². The lowest BCUT2D eigenvalue weighted by atomic mass is 10.2. The van der Waals surface area contributed by atoms with Crippen LogP contribution in [-0.2, 0) is 0 Å². The van der Waals surface area contributed by atoms with E-state index in [1.165, 1.54) is 26.0 Å². The maximum Gasteiger partial charge on any atom is 0.573 e. The topological polar surface area (TPSA) is 81.4 Å². The van der Waals surface area contributed by atoms with Gasteiger partial charge in [0.1, 0.15) is 17.1 Å². The van der Waals surface area contributed by atoms with Gasteiger partial charge in [-0.25, -0.2) is 9.78 Å². The third-order valence-corrected chi connectivity index (χ3v) is 2.97. The van der Waals surface area contributed by atoms with Crippen molar-refractivity contribution in [3.63, 3.8) is 0 Å². The molecule has 23 heavy (non-hydrogen) atoms. The normalized spacial score (nSPS) is 11.3. The highest BCUT2D eigenvalue weighted by Crippen LogP contribution is 2.23. The van der Waals surface area contributed by atoms with Crippen molar-refractivity contribution >= 4 is 5.97 Å². The Morgan fingerprint density at radius 1 is 1.22 bits per heavy atom. The van der Waals surface area contributed by atoms with Crippen LogP contribution in [0.2, 0.25) is 0 Å². The van der Waals surface area contributed by atoms with Gasteiger partial charge >= 0.3 is 12.3 Å². The molecule has 6 nitrogen and oxygen atoms in total. The first-order valence-electron chi connectivity index (χ1n) is 6.30. The van der Waals surface area contributed by atoms with Crippen LogP contribution in [0.1, 0.15) is 21.9 Å². The molecule has 0 saturated carbocycles. The van der Waals surface area contributed by atoms with Gasteiger partial charge in [0, 0.05) is 0 Å². The molecule has 1 aromatic heterocycles. The predicted molar refractivity (Wildman–Crippen MR) is 73.0 cm³/mol. The van der Waals surface area contributed by atoms with E-state index >= 15 is 0 Å². The molecular weight excluding hydrogens is 317 g/mol. The number of carboxylic acids is 1. The lowest BCUT2D eigenvalue weighted by molar-refractivity contribution is -0.274. The fourth-order valence-electron chi connectivity index (χ4n) is 2.11. The van der Waals surface area contributed by atoms with Crippen LogP contribution in [-0.4, -0.2) is 27.0 Å². The Bertz CT molecular complexity index is 810. The highest BCUT2D eigenvalue weighted by atomic mass is 19.4. The van der Waals surface area contributed by atoms with E-state index in [9.17, 15) is 22.8 Å². The van der Waals surface area contributed by atoms with Crippen molar-refractivity contribution in [2.45, 2.75) is 20.2 Å². The zero-order valence-electron chi connectivity index (χ0n) is 12.0. The summed E-state index contributed by atoms with van der Waals surface area (Å²) in [6.45, 7) is 2.88. The second kappa shape index (κ2) is 5.75. The van der Waals surface area contributed by atoms with Gasteiger partial charge in [0.25, 0.3) is 5.56 Å². The van der Waals surface area contributed by atoms with Crippen LogP contribution in [0.3, 0.4) is 0 Å². The molecule has 0 amide bonds.